The van der Waals surface area contributed by atoms with Crippen molar-refractivity contribution in [2.45, 2.75) is 39.2 Å². The van der Waals surface area contributed by atoms with Gasteiger partial charge in [-0.1, -0.05) is 0 Å². The van der Waals surface area contributed by atoms with Crippen LogP contribution >= 0.6 is 0 Å². The molecule has 0 unspecified atom stereocenters. The van der Waals surface area contributed by atoms with E-state index in [1.54, 1.807) is 11.9 Å². The van der Waals surface area contributed by atoms with Crippen molar-refractivity contribution in [2.75, 3.05) is 64.4 Å². The van der Waals surface area contributed by atoms with Crippen LogP contribution in [0.25, 0.3) is 0 Å². The van der Waals surface area contributed by atoms with Crippen LogP contribution in [0.1, 0.15) is 39.2 Å². The third-order valence-corrected chi connectivity index (χ3v) is 5.60. The molecule has 31 heavy (non-hydrogen) atoms. The molecule has 0 spiro atoms. The van der Waals surface area contributed by atoms with Gasteiger partial charge in [-0.15, -0.1) is 0 Å². The zero-order chi connectivity index (χ0) is 22.4. The summed E-state index contributed by atoms with van der Waals surface area (Å²) in [4.78, 5) is 22.9. The van der Waals surface area contributed by atoms with Crippen LogP contribution in [0.15, 0.2) is 23.2 Å². The number of likely N-dealkylation sites (tertiary alicyclic amines) is 1. The highest BCUT2D eigenvalue weighted by molar-refractivity contribution is 5.98. The van der Waals surface area contributed by atoms with E-state index >= 15 is 0 Å². The van der Waals surface area contributed by atoms with E-state index in [1.807, 2.05) is 32.9 Å². The first-order valence-corrected chi connectivity index (χ1v) is 11.2. The summed E-state index contributed by atoms with van der Waals surface area (Å²) in [6, 6.07) is 6.05. The van der Waals surface area contributed by atoms with E-state index in [0.717, 1.165) is 49.7 Å². The average Bonchev–Trinajstić information content (AvgIpc) is 3.25. The maximum atomic E-state index is 12.3. The summed E-state index contributed by atoms with van der Waals surface area (Å²) in [7, 11) is 1.69. The van der Waals surface area contributed by atoms with E-state index in [-0.39, 0.29) is 6.09 Å². The lowest BCUT2D eigenvalue weighted by Crippen LogP contribution is -2.50. The molecule has 2 saturated heterocycles. The normalized spacial score (nSPS) is 18.4. The number of anilines is 1. The van der Waals surface area contributed by atoms with E-state index in [1.165, 1.54) is 12.8 Å². The number of carbonyl (C=O) groups excluding carboxylic acids is 1. The molecule has 0 aromatic heterocycles. The molecular formula is C23H37N5O3. The molecule has 2 heterocycles. The standard InChI is InChI=1S/C23H37N5O3/c1-23(2,3)31-22(29)28-11-9-27(10-12-28)19-15-18(21(24)25-4)16-20(17-19)30-14-13-26-7-5-6-8-26/h15-17H,5-14H2,1-4H3,(H2,24,25). The predicted molar refractivity (Wildman–Crippen MR) is 124 cm³/mol. The number of hydrogen-bond acceptors (Lipinski definition) is 6. The Morgan fingerprint density at radius 2 is 1.74 bits per heavy atom. The number of aliphatic imine (C=N–C) groups is 1. The molecule has 0 bridgehead atoms. The Morgan fingerprint density at radius 3 is 2.35 bits per heavy atom. The highest BCUT2D eigenvalue weighted by Gasteiger charge is 2.26. The van der Waals surface area contributed by atoms with Gasteiger partial charge in [-0.2, -0.15) is 0 Å². The molecule has 2 aliphatic rings. The molecule has 8 nitrogen and oxygen atoms in total. The summed E-state index contributed by atoms with van der Waals surface area (Å²) in [5.41, 5.74) is 7.51. The smallest absolute Gasteiger partial charge is 0.410 e. The lowest BCUT2D eigenvalue weighted by atomic mass is 10.1. The maximum Gasteiger partial charge on any atom is 0.410 e. The Bertz CT molecular complexity index is 776. The zero-order valence-electron chi connectivity index (χ0n) is 19.4. The quantitative estimate of drug-likeness (QED) is 0.551. The van der Waals surface area contributed by atoms with Crippen LogP contribution in [0, 0.1) is 0 Å². The highest BCUT2D eigenvalue weighted by atomic mass is 16.6. The van der Waals surface area contributed by atoms with Gasteiger partial charge in [0.25, 0.3) is 0 Å². The summed E-state index contributed by atoms with van der Waals surface area (Å²) in [5, 5.41) is 0. The van der Waals surface area contributed by atoms with Crippen molar-refractivity contribution in [2.24, 2.45) is 10.7 Å². The Morgan fingerprint density at radius 1 is 1.06 bits per heavy atom. The van der Waals surface area contributed by atoms with Crippen molar-refractivity contribution in [1.82, 2.24) is 9.80 Å². The van der Waals surface area contributed by atoms with Gasteiger partial charge < -0.3 is 25.0 Å². The molecular weight excluding hydrogens is 394 g/mol. The Labute approximate surface area is 186 Å². The number of amidine groups is 1. The summed E-state index contributed by atoms with van der Waals surface area (Å²) in [6.45, 7) is 12.2. The van der Waals surface area contributed by atoms with E-state index in [0.29, 0.717) is 25.5 Å². The lowest BCUT2D eigenvalue weighted by Gasteiger charge is -2.37. The van der Waals surface area contributed by atoms with E-state index < -0.39 is 5.60 Å². The van der Waals surface area contributed by atoms with Crippen LogP contribution in [0.5, 0.6) is 5.75 Å². The molecule has 0 atom stereocenters. The Kier molecular flexibility index (Phi) is 7.64. The fraction of sp³-hybridized carbons (Fsp3) is 0.652. The van der Waals surface area contributed by atoms with Gasteiger partial charge >= 0.3 is 6.09 Å². The molecule has 172 valence electrons. The van der Waals surface area contributed by atoms with Crippen molar-refractivity contribution in [3.63, 3.8) is 0 Å². The number of rotatable bonds is 6. The van der Waals surface area contributed by atoms with Gasteiger partial charge in [0.15, 0.2) is 0 Å². The molecule has 2 aliphatic heterocycles. The molecule has 2 N–H and O–H groups in total. The molecule has 1 amide bonds. The number of nitrogens with two attached hydrogens (primary N) is 1. The third kappa shape index (κ3) is 6.75. The minimum Gasteiger partial charge on any atom is -0.492 e. The summed E-state index contributed by atoms with van der Waals surface area (Å²) < 4.78 is 11.6. The van der Waals surface area contributed by atoms with Crippen LogP contribution in [-0.4, -0.2) is 86.8 Å². The predicted octanol–water partition coefficient (Wildman–Crippen LogP) is 2.55. The number of amides is 1. The van der Waals surface area contributed by atoms with Crippen molar-refractivity contribution < 1.29 is 14.3 Å². The monoisotopic (exact) mass is 431 g/mol. The molecule has 8 heteroatoms. The molecule has 2 fully saturated rings. The summed E-state index contributed by atoms with van der Waals surface area (Å²) >= 11 is 0. The number of piperazine rings is 1. The number of benzene rings is 1. The van der Waals surface area contributed by atoms with Gasteiger partial charge in [-0.3, -0.25) is 9.89 Å². The van der Waals surface area contributed by atoms with E-state index in [9.17, 15) is 4.79 Å². The molecule has 0 saturated carbocycles. The summed E-state index contributed by atoms with van der Waals surface area (Å²) in [5.74, 6) is 1.28. The summed E-state index contributed by atoms with van der Waals surface area (Å²) in [6.07, 6.45) is 2.30. The van der Waals surface area contributed by atoms with Gasteiger partial charge in [0.2, 0.25) is 0 Å². The van der Waals surface area contributed by atoms with Crippen LogP contribution in [0.3, 0.4) is 0 Å². The largest absolute Gasteiger partial charge is 0.492 e. The van der Waals surface area contributed by atoms with Gasteiger partial charge in [-0.05, 0) is 58.8 Å². The van der Waals surface area contributed by atoms with Crippen LogP contribution in [0.2, 0.25) is 0 Å². The second kappa shape index (κ2) is 10.2. The van der Waals surface area contributed by atoms with E-state index in [2.05, 4.69) is 20.9 Å². The molecule has 3 rings (SSSR count). The van der Waals surface area contributed by atoms with Gasteiger partial charge in [0, 0.05) is 57.1 Å². The first-order valence-electron chi connectivity index (χ1n) is 11.2. The SMILES string of the molecule is CN=C(N)c1cc(OCCN2CCCC2)cc(N2CCN(C(=O)OC(C)(C)C)CC2)c1. The van der Waals surface area contributed by atoms with Crippen LogP contribution < -0.4 is 15.4 Å². The Hall–Kier alpha value is -2.48. The average molecular weight is 432 g/mol. The van der Waals surface area contributed by atoms with Crippen molar-refractivity contribution in [3.05, 3.63) is 23.8 Å². The number of nitrogens with zero attached hydrogens (tertiary/aromatic N) is 4. The second-order valence-corrected chi connectivity index (χ2v) is 9.18. The highest BCUT2D eigenvalue weighted by Crippen LogP contribution is 2.26. The number of ether oxygens (including phenoxy) is 2. The van der Waals surface area contributed by atoms with Gasteiger partial charge in [0.1, 0.15) is 23.8 Å². The molecule has 0 aliphatic carbocycles. The van der Waals surface area contributed by atoms with Gasteiger partial charge in [0.05, 0.1) is 0 Å². The topological polar surface area (TPSA) is 83.6 Å². The van der Waals surface area contributed by atoms with Crippen molar-refractivity contribution >= 4 is 17.6 Å². The first-order chi connectivity index (χ1) is 14.7. The van der Waals surface area contributed by atoms with Crippen LogP contribution in [-0.2, 0) is 4.74 Å². The fourth-order valence-corrected chi connectivity index (χ4v) is 3.90. The first kappa shape index (κ1) is 23.2. The third-order valence-electron chi connectivity index (χ3n) is 5.60. The second-order valence-electron chi connectivity index (χ2n) is 9.18. The Balaban J connectivity index is 1.64. The maximum absolute atomic E-state index is 12.3. The molecule has 0 radical (unpaired) electrons. The van der Waals surface area contributed by atoms with Gasteiger partial charge in [-0.25, -0.2) is 4.79 Å². The zero-order valence-corrected chi connectivity index (χ0v) is 19.4. The molecule has 1 aromatic rings. The number of carbonyl (C=O) groups is 1. The van der Waals surface area contributed by atoms with Crippen LogP contribution in [0.4, 0.5) is 10.5 Å². The fourth-order valence-electron chi connectivity index (χ4n) is 3.90. The van der Waals surface area contributed by atoms with E-state index in [4.69, 9.17) is 15.2 Å². The minimum absolute atomic E-state index is 0.255. The molecule has 1 aromatic carbocycles. The van der Waals surface area contributed by atoms with Crippen molar-refractivity contribution in [1.29, 1.82) is 0 Å². The lowest BCUT2D eigenvalue weighted by molar-refractivity contribution is 0.0240. The minimum atomic E-state index is -0.485. The number of hydrogen-bond donors (Lipinski definition) is 1. The van der Waals surface area contributed by atoms with Crippen molar-refractivity contribution in [3.8, 4) is 5.75 Å².